The smallest absolute Gasteiger partial charge is 0.323 e. The van der Waals surface area contributed by atoms with Crippen molar-refractivity contribution in [2.24, 2.45) is 5.73 Å². The number of aromatic nitrogens is 3. The Morgan fingerprint density at radius 1 is 0.886 bits per heavy atom. The highest BCUT2D eigenvalue weighted by Gasteiger charge is 2.15. The molecule has 0 fully saturated rings. The number of aromatic amines is 1. The first-order valence-electron chi connectivity index (χ1n) is 10.9. The van der Waals surface area contributed by atoms with Crippen LogP contribution in [-0.2, 0) is 6.54 Å². The number of carbonyl (C=O) groups is 1. The number of fused-ring (bicyclic) bond motifs is 1. The topological polar surface area (TPSA) is 135 Å². The van der Waals surface area contributed by atoms with E-state index in [0.29, 0.717) is 22.8 Å². The van der Waals surface area contributed by atoms with Gasteiger partial charge < -0.3 is 22.1 Å². The van der Waals surface area contributed by atoms with E-state index < -0.39 is 11.8 Å². The van der Waals surface area contributed by atoms with Crippen LogP contribution in [0.1, 0.15) is 5.56 Å². The summed E-state index contributed by atoms with van der Waals surface area (Å²) in [4.78, 5) is 16.5. The molecule has 0 aliphatic carbocycles. The Kier molecular flexibility index (Phi) is 5.82. The second kappa shape index (κ2) is 9.24. The molecule has 0 unspecified atom stereocenters. The monoisotopic (exact) mass is 467 g/mol. The molecule has 7 N–H and O–H groups in total. The Bertz CT molecular complexity index is 1510. The Morgan fingerprint density at radius 2 is 1.54 bits per heavy atom. The number of hydrogen-bond acceptors (Lipinski definition) is 5. The summed E-state index contributed by atoms with van der Waals surface area (Å²) >= 11 is 0. The molecule has 3 aromatic carbocycles. The minimum Gasteiger partial charge on any atom is -0.382 e. The predicted molar refractivity (Wildman–Crippen MR) is 136 cm³/mol. The number of nitrogens with zero attached hydrogens (tertiary/aromatic N) is 2. The third kappa shape index (κ3) is 4.40. The molecular weight excluding hydrogens is 445 g/mol. The predicted octanol–water partition coefficient (Wildman–Crippen LogP) is 5.12. The van der Waals surface area contributed by atoms with Gasteiger partial charge in [0.25, 0.3) is 0 Å². The zero-order valence-electron chi connectivity index (χ0n) is 18.5. The second-order valence-corrected chi connectivity index (χ2v) is 7.92. The largest absolute Gasteiger partial charge is 0.382 e. The Morgan fingerprint density at radius 3 is 2.29 bits per heavy atom. The van der Waals surface area contributed by atoms with E-state index in [0.717, 1.165) is 33.2 Å². The lowest BCUT2D eigenvalue weighted by Crippen LogP contribution is -2.19. The van der Waals surface area contributed by atoms with Crippen LogP contribution < -0.4 is 22.1 Å². The van der Waals surface area contributed by atoms with E-state index in [-0.39, 0.29) is 6.54 Å². The molecule has 35 heavy (non-hydrogen) atoms. The molecule has 2 aromatic heterocycles. The molecule has 2 heterocycles. The van der Waals surface area contributed by atoms with Crippen LogP contribution in [0.4, 0.5) is 26.4 Å². The fraction of sp³-hybridized carbons (Fsp3) is 0.0385. The molecule has 0 aliphatic rings. The van der Waals surface area contributed by atoms with Crippen molar-refractivity contribution in [3.63, 3.8) is 0 Å². The van der Waals surface area contributed by atoms with Crippen LogP contribution in [0.3, 0.4) is 0 Å². The second-order valence-electron chi connectivity index (χ2n) is 7.92. The first-order valence-corrected chi connectivity index (χ1v) is 10.9. The molecule has 0 radical (unpaired) electrons. The number of amides is 2. The summed E-state index contributed by atoms with van der Waals surface area (Å²) in [5.41, 5.74) is 17.8. The van der Waals surface area contributed by atoms with Crippen LogP contribution >= 0.6 is 0 Å². The number of nitrogens with two attached hydrogens (primary N) is 2. The Balaban J connectivity index is 1.38. The number of carbonyl (C=O) groups excluding carboxylic acids is 1. The van der Waals surface area contributed by atoms with Crippen LogP contribution in [0.25, 0.3) is 33.2 Å². The average molecular weight is 468 g/mol. The van der Waals surface area contributed by atoms with E-state index >= 15 is 0 Å². The molecular formula is C26H22FN7O. The van der Waals surface area contributed by atoms with Gasteiger partial charge in [-0.1, -0.05) is 24.3 Å². The molecule has 0 spiro atoms. The maximum Gasteiger partial charge on any atom is 0.323 e. The lowest BCUT2D eigenvalue weighted by atomic mass is 9.96. The van der Waals surface area contributed by atoms with E-state index in [1.807, 2.05) is 36.4 Å². The van der Waals surface area contributed by atoms with Crippen LogP contribution in [0.5, 0.6) is 0 Å². The van der Waals surface area contributed by atoms with Crippen LogP contribution in [0.15, 0.2) is 79.1 Å². The average Bonchev–Trinajstić information content (AvgIpc) is 3.27. The fourth-order valence-corrected chi connectivity index (χ4v) is 4.00. The van der Waals surface area contributed by atoms with Gasteiger partial charge in [0, 0.05) is 41.4 Å². The van der Waals surface area contributed by atoms with E-state index in [1.54, 1.807) is 24.5 Å². The van der Waals surface area contributed by atoms with E-state index in [1.165, 1.54) is 18.2 Å². The molecule has 174 valence electrons. The van der Waals surface area contributed by atoms with Gasteiger partial charge in [-0.2, -0.15) is 5.10 Å². The van der Waals surface area contributed by atoms with Crippen molar-refractivity contribution >= 4 is 34.1 Å². The van der Waals surface area contributed by atoms with Crippen LogP contribution in [0, 0.1) is 5.82 Å². The maximum atomic E-state index is 13.6. The third-order valence-corrected chi connectivity index (χ3v) is 5.72. The summed E-state index contributed by atoms with van der Waals surface area (Å²) in [6.07, 6.45) is 3.48. The molecule has 9 heteroatoms. The van der Waals surface area contributed by atoms with Gasteiger partial charge in [0.2, 0.25) is 0 Å². The molecule has 5 aromatic rings. The molecule has 0 saturated carbocycles. The zero-order chi connectivity index (χ0) is 24.4. The van der Waals surface area contributed by atoms with Gasteiger partial charge in [-0.05, 0) is 59.2 Å². The van der Waals surface area contributed by atoms with Crippen molar-refractivity contribution in [2.75, 3.05) is 16.4 Å². The molecule has 0 aliphatic heterocycles. The number of rotatable bonds is 5. The number of anilines is 3. The quantitative estimate of drug-likeness (QED) is 0.245. The van der Waals surface area contributed by atoms with E-state index in [2.05, 4.69) is 25.8 Å². The van der Waals surface area contributed by atoms with Crippen molar-refractivity contribution in [2.45, 2.75) is 6.54 Å². The normalized spacial score (nSPS) is 10.9. The summed E-state index contributed by atoms with van der Waals surface area (Å²) < 4.78 is 13.6. The summed E-state index contributed by atoms with van der Waals surface area (Å²) in [6, 6.07) is 19.1. The van der Waals surface area contributed by atoms with Crippen molar-refractivity contribution in [1.82, 2.24) is 15.2 Å². The van der Waals surface area contributed by atoms with Crippen molar-refractivity contribution in [3.8, 4) is 22.3 Å². The highest BCUT2D eigenvalue weighted by molar-refractivity contribution is 6.08. The number of halogens is 1. The molecule has 5 rings (SSSR count). The summed E-state index contributed by atoms with van der Waals surface area (Å²) in [5.74, 6) is -0.00106. The van der Waals surface area contributed by atoms with Gasteiger partial charge in [-0.25, -0.2) is 9.18 Å². The zero-order valence-corrected chi connectivity index (χ0v) is 18.5. The number of hydrogen-bond donors (Lipinski definition) is 5. The highest BCUT2D eigenvalue weighted by Crippen LogP contribution is 2.37. The highest BCUT2D eigenvalue weighted by atomic mass is 19.1. The van der Waals surface area contributed by atoms with Gasteiger partial charge >= 0.3 is 6.03 Å². The van der Waals surface area contributed by atoms with Crippen LogP contribution in [-0.4, -0.2) is 21.2 Å². The van der Waals surface area contributed by atoms with E-state index in [9.17, 15) is 9.18 Å². The molecule has 0 saturated heterocycles. The summed E-state index contributed by atoms with van der Waals surface area (Å²) in [5, 5.41) is 13.5. The molecule has 0 atom stereocenters. The first-order chi connectivity index (χ1) is 17.0. The lowest BCUT2D eigenvalue weighted by molar-refractivity contribution is 0.262. The SMILES string of the molecule is NCc1cc(NC(=O)Nc2ccc(-c3ccc(-c4ccncc4)c4[nH]nc(N)c34)cc2)ccc1F. The number of pyridine rings is 1. The Hall–Kier alpha value is -4.76. The minimum atomic E-state index is -0.449. The third-order valence-electron chi connectivity index (χ3n) is 5.72. The van der Waals surface area contributed by atoms with Gasteiger partial charge in [-0.3, -0.25) is 10.1 Å². The van der Waals surface area contributed by atoms with Crippen LogP contribution in [0.2, 0.25) is 0 Å². The van der Waals surface area contributed by atoms with Crippen molar-refractivity contribution < 1.29 is 9.18 Å². The number of nitrogens with one attached hydrogen (secondary N) is 3. The summed E-state index contributed by atoms with van der Waals surface area (Å²) in [7, 11) is 0. The standard InChI is InChI=1S/C26H22FN7O/c27-22-8-5-19(13-17(22)14-28)32-26(35)31-18-3-1-15(2-4-18)20-6-7-21(16-9-11-30-12-10-16)24-23(20)25(29)34-33-24/h1-13H,14,28H2,(H3,29,33,34)(H2,31,32,35). The number of urea groups is 1. The molecule has 2 amide bonds. The fourth-order valence-electron chi connectivity index (χ4n) is 4.00. The lowest BCUT2D eigenvalue weighted by Gasteiger charge is -2.11. The van der Waals surface area contributed by atoms with Gasteiger partial charge in [0.05, 0.1) is 10.9 Å². The maximum absolute atomic E-state index is 13.6. The van der Waals surface area contributed by atoms with E-state index in [4.69, 9.17) is 11.5 Å². The van der Waals surface area contributed by atoms with Crippen molar-refractivity contribution in [1.29, 1.82) is 0 Å². The molecule has 0 bridgehead atoms. The van der Waals surface area contributed by atoms with Gasteiger partial charge in [-0.15, -0.1) is 0 Å². The van der Waals surface area contributed by atoms with Crippen molar-refractivity contribution in [3.05, 3.63) is 90.5 Å². The minimum absolute atomic E-state index is 0.0441. The number of nitrogen functional groups attached to an aromatic ring is 1. The summed E-state index contributed by atoms with van der Waals surface area (Å²) in [6.45, 7) is 0.0441. The number of H-pyrrole nitrogens is 1. The van der Waals surface area contributed by atoms with Gasteiger partial charge in [0.15, 0.2) is 5.82 Å². The molecule has 8 nitrogen and oxygen atoms in total. The Labute approximate surface area is 200 Å². The number of benzene rings is 3. The van der Waals surface area contributed by atoms with Gasteiger partial charge in [0.1, 0.15) is 5.82 Å². The first kappa shape index (κ1) is 22.1.